The molecule has 0 amide bonds. The van der Waals surface area contributed by atoms with Crippen LogP contribution in [0.2, 0.25) is 0 Å². The number of imidazole rings is 1. The third-order valence-electron chi connectivity index (χ3n) is 3.89. The number of carbonyl (C=O) groups is 1. The van der Waals surface area contributed by atoms with Crippen LogP contribution in [0.15, 0.2) is 42.9 Å². The molecule has 0 unspecified atom stereocenters. The van der Waals surface area contributed by atoms with Crippen molar-refractivity contribution >= 4 is 17.7 Å². The zero-order valence-electron chi connectivity index (χ0n) is 13.2. The normalized spacial score (nSPS) is 16.6. The largest absolute Gasteiger partial charge is 0.439 e. The number of hydrogen-bond acceptors (Lipinski definition) is 4. The molecule has 1 aliphatic heterocycles. The molecule has 1 aromatic carbocycles. The van der Waals surface area contributed by atoms with Crippen LogP contribution >= 0.6 is 11.8 Å². The maximum Gasteiger partial charge on any atom is 0.358 e. The number of thioether (sulfide) groups is 1. The lowest BCUT2D eigenvalue weighted by molar-refractivity contribution is 0.0186. The molecule has 2 aromatic rings. The second-order valence-electron chi connectivity index (χ2n) is 5.52. The van der Waals surface area contributed by atoms with Gasteiger partial charge in [-0.1, -0.05) is 36.3 Å². The Balaban J connectivity index is 1.83. The number of nitrogens with zero attached hydrogens (tertiary/aromatic N) is 2. The molecule has 1 atom stereocenters. The van der Waals surface area contributed by atoms with E-state index >= 15 is 0 Å². The topological polar surface area (TPSA) is 44.1 Å². The molecule has 0 N–H and O–H groups in total. The van der Waals surface area contributed by atoms with Gasteiger partial charge in [-0.2, -0.15) is 11.8 Å². The highest BCUT2D eigenvalue weighted by Crippen LogP contribution is 2.33. The minimum Gasteiger partial charge on any atom is -0.439 e. The van der Waals surface area contributed by atoms with E-state index in [2.05, 4.69) is 16.8 Å². The summed E-state index contributed by atoms with van der Waals surface area (Å²) in [4.78, 5) is 16.7. The fraction of sp³-hybridized carbons (Fsp3) is 0.333. The molecule has 2 heterocycles. The number of ether oxygens (including phenoxy) is 1. The van der Waals surface area contributed by atoms with Crippen LogP contribution in [-0.4, -0.2) is 32.6 Å². The van der Waals surface area contributed by atoms with Crippen LogP contribution in [0.25, 0.3) is 0 Å². The monoisotopic (exact) mass is 326 g/mol. The first-order chi connectivity index (χ1) is 11.2. The van der Waals surface area contributed by atoms with Gasteiger partial charge in [-0.3, -0.25) is 0 Å². The standard InChI is InChI=1S/C18H18N2O2S/c1-3-9-18(11-23-12-18)22-17(21)16-10-19-13-20(16)14(2)15-7-5-4-6-8-15/h4-8,10,13-14H,11-12H2,1-2H3/t14-/m1/s1. The molecule has 0 radical (unpaired) electrons. The van der Waals surface area contributed by atoms with E-state index in [1.807, 2.05) is 41.8 Å². The highest BCUT2D eigenvalue weighted by molar-refractivity contribution is 8.00. The number of benzene rings is 1. The van der Waals surface area contributed by atoms with E-state index < -0.39 is 5.60 Å². The molecule has 0 bridgehead atoms. The molecule has 5 heteroatoms. The third-order valence-corrected chi connectivity index (χ3v) is 5.23. The zero-order chi connectivity index (χ0) is 16.3. The van der Waals surface area contributed by atoms with Gasteiger partial charge in [-0.05, 0) is 19.4 Å². The molecule has 23 heavy (non-hydrogen) atoms. The third kappa shape index (κ3) is 3.13. The summed E-state index contributed by atoms with van der Waals surface area (Å²) < 4.78 is 7.54. The van der Waals surface area contributed by atoms with Gasteiger partial charge in [0.2, 0.25) is 0 Å². The van der Waals surface area contributed by atoms with Crippen molar-refractivity contribution in [3.63, 3.8) is 0 Å². The molecule has 1 fully saturated rings. The van der Waals surface area contributed by atoms with Crippen LogP contribution in [0.1, 0.15) is 35.9 Å². The van der Waals surface area contributed by atoms with Gasteiger partial charge in [-0.15, -0.1) is 5.92 Å². The lowest BCUT2D eigenvalue weighted by atomic mass is 10.1. The summed E-state index contributed by atoms with van der Waals surface area (Å²) in [5.74, 6) is 6.97. The van der Waals surface area contributed by atoms with Crippen molar-refractivity contribution in [1.82, 2.24) is 9.55 Å². The maximum absolute atomic E-state index is 12.6. The Morgan fingerprint density at radius 1 is 1.39 bits per heavy atom. The van der Waals surface area contributed by atoms with E-state index in [-0.39, 0.29) is 12.0 Å². The first-order valence-corrected chi connectivity index (χ1v) is 8.62. The number of hydrogen-bond donors (Lipinski definition) is 0. The fourth-order valence-corrected chi connectivity index (χ4v) is 3.40. The molecule has 0 spiro atoms. The van der Waals surface area contributed by atoms with Crippen molar-refractivity contribution in [1.29, 1.82) is 0 Å². The Bertz CT molecular complexity index is 754. The molecule has 0 saturated carbocycles. The lowest BCUT2D eigenvalue weighted by Gasteiger charge is -2.35. The first kappa shape index (κ1) is 15.7. The van der Waals surface area contributed by atoms with E-state index in [1.54, 1.807) is 31.2 Å². The summed E-state index contributed by atoms with van der Waals surface area (Å²) >= 11 is 1.73. The molecule has 118 valence electrons. The fourth-order valence-electron chi connectivity index (χ4n) is 2.57. The average molecular weight is 326 g/mol. The summed E-state index contributed by atoms with van der Waals surface area (Å²) in [6.07, 6.45) is 3.22. The molecule has 3 rings (SSSR count). The average Bonchev–Trinajstić information content (AvgIpc) is 3.02. The van der Waals surface area contributed by atoms with Crippen molar-refractivity contribution in [2.24, 2.45) is 0 Å². The second-order valence-corrected chi connectivity index (χ2v) is 6.51. The summed E-state index contributed by atoms with van der Waals surface area (Å²) in [6.45, 7) is 3.80. The van der Waals surface area contributed by atoms with Crippen molar-refractivity contribution in [3.05, 3.63) is 54.1 Å². The van der Waals surface area contributed by atoms with E-state index in [0.29, 0.717) is 5.69 Å². The predicted octanol–water partition coefficient (Wildman–Crippen LogP) is 3.16. The van der Waals surface area contributed by atoms with E-state index in [4.69, 9.17) is 4.74 Å². The minimum absolute atomic E-state index is 0.00484. The predicted molar refractivity (Wildman–Crippen MR) is 91.4 cm³/mol. The number of rotatable bonds is 4. The number of aromatic nitrogens is 2. The maximum atomic E-state index is 12.6. The van der Waals surface area contributed by atoms with Crippen LogP contribution in [0.4, 0.5) is 0 Å². The second kappa shape index (κ2) is 6.51. The van der Waals surface area contributed by atoms with Crippen molar-refractivity contribution in [2.75, 3.05) is 11.5 Å². The quantitative estimate of drug-likeness (QED) is 0.639. The summed E-state index contributed by atoms with van der Waals surface area (Å²) in [7, 11) is 0. The van der Waals surface area contributed by atoms with E-state index in [0.717, 1.165) is 17.1 Å². The summed E-state index contributed by atoms with van der Waals surface area (Å²) in [6, 6.07) is 10.0. The molecular formula is C18H18N2O2S. The van der Waals surface area contributed by atoms with E-state index in [9.17, 15) is 4.79 Å². The van der Waals surface area contributed by atoms with E-state index in [1.165, 1.54) is 0 Å². The number of esters is 1. The Morgan fingerprint density at radius 2 is 2.13 bits per heavy atom. The SMILES string of the molecule is CC#CC1(OC(=O)c2cncn2[C@H](C)c2ccccc2)CSC1. The van der Waals surface area contributed by atoms with Gasteiger partial charge in [0, 0.05) is 11.5 Å². The van der Waals surface area contributed by atoms with Crippen molar-refractivity contribution in [2.45, 2.75) is 25.5 Å². The van der Waals surface area contributed by atoms with Crippen LogP contribution in [0.3, 0.4) is 0 Å². The Morgan fingerprint density at radius 3 is 2.74 bits per heavy atom. The van der Waals surface area contributed by atoms with Crippen LogP contribution in [0.5, 0.6) is 0 Å². The van der Waals surface area contributed by atoms with Crippen molar-refractivity contribution in [3.8, 4) is 11.8 Å². The molecule has 0 aliphatic carbocycles. The minimum atomic E-state index is -0.637. The Labute approximate surface area is 140 Å². The van der Waals surface area contributed by atoms with Gasteiger partial charge in [-0.25, -0.2) is 9.78 Å². The van der Waals surface area contributed by atoms with Crippen molar-refractivity contribution < 1.29 is 9.53 Å². The van der Waals surface area contributed by atoms with Crippen LogP contribution in [0, 0.1) is 11.8 Å². The Kier molecular flexibility index (Phi) is 4.44. The Hall–Kier alpha value is -2.19. The summed E-state index contributed by atoms with van der Waals surface area (Å²) in [5, 5.41) is 0. The van der Waals surface area contributed by atoms with Gasteiger partial charge in [0.1, 0.15) is 5.69 Å². The highest BCUT2D eigenvalue weighted by Gasteiger charge is 2.41. The highest BCUT2D eigenvalue weighted by atomic mass is 32.2. The van der Waals surface area contributed by atoms with Gasteiger partial charge in [0.15, 0.2) is 5.60 Å². The molecule has 1 aromatic heterocycles. The smallest absolute Gasteiger partial charge is 0.358 e. The lowest BCUT2D eigenvalue weighted by Crippen LogP contribution is -2.46. The zero-order valence-corrected chi connectivity index (χ0v) is 14.0. The first-order valence-electron chi connectivity index (χ1n) is 7.47. The molecule has 1 saturated heterocycles. The van der Waals surface area contributed by atoms with Crippen LogP contribution < -0.4 is 0 Å². The summed E-state index contributed by atoms with van der Waals surface area (Å²) in [5.41, 5.74) is 0.930. The number of carbonyl (C=O) groups excluding carboxylic acids is 1. The van der Waals surface area contributed by atoms with Crippen LogP contribution in [-0.2, 0) is 4.74 Å². The molecule has 4 nitrogen and oxygen atoms in total. The van der Waals surface area contributed by atoms with Gasteiger partial charge >= 0.3 is 5.97 Å². The van der Waals surface area contributed by atoms with Gasteiger partial charge in [0.05, 0.1) is 18.6 Å². The van der Waals surface area contributed by atoms with Gasteiger partial charge < -0.3 is 9.30 Å². The molecular weight excluding hydrogens is 308 g/mol. The molecule has 1 aliphatic rings. The van der Waals surface area contributed by atoms with Gasteiger partial charge in [0.25, 0.3) is 0 Å².